The van der Waals surface area contributed by atoms with E-state index in [-0.39, 0.29) is 6.42 Å². The van der Waals surface area contributed by atoms with E-state index in [4.69, 9.17) is 5.11 Å². The largest absolute Gasteiger partial charge is 0.475 e. The van der Waals surface area contributed by atoms with Gasteiger partial charge in [0.25, 0.3) is 0 Å². The van der Waals surface area contributed by atoms with Crippen LogP contribution in [0.4, 0.5) is 0 Å². The fraction of sp³-hybridized carbons (Fsp3) is 0.500. The Kier molecular flexibility index (Phi) is 5.07. The fourth-order valence-electron chi connectivity index (χ4n) is 0.562. The summed E-state index contributed by atoms with van der Waals surface area (Å²) in [4.78, 5) is 20.4. The maximum atomic E-state index is 10.5. The van der Waals surface area contributed by atoms with Crippen molar-refractivity contribution in [3.63, 3.8) is 0 Å². The molecule has 0 atom stereocenters. The number of carboxylic acid groups (broad SMARTS) is 1. The Morgan fingerprint density at radius 1 is 1.36 bits per heavy atom. The van der Waals surface area contributed by atoms with Crippen molar-refractivity contribution in [2.24, 2.45) is 0 Å². The molecular formula is C8H12O3. The van der Waals surface area contributed by atoms with E-state index in [1.54, 1.807) is 6.08 Å². The zero-order valence-electron chi connectivity index (χ0n) is 6.54. The summed E-state index contributed by atoms with van der Waals surface area (Å²) in [6.45, 7) is 2.02. The maximum Gasteiger partial charge on any atom is 0.372 e. The number of carboxylic acids is 1. The second-order valence-corrected chi connectivity index (χ2v) is 2.19. The molecule has 0 saturated heterocycles. The van der Waals surface area contributed by atoms with Gasteiger partial charge in [-0.05, 0) is 6.42 Å². The molecule has 0 heterocycles. The number of ketones is 1. The van der Waals surface area contributed by atoms with Crippen LogP contribution in [-0.4, -0.2) is 16.9 Å². The highest BCUT2D eigenvalue weighted by molar-refractivity contribution is 6.33. The van der Waals surface area contributed by atoms with Crippen LogP contribution < -0.4 is 0 Å². The monoisotopic (exact) mass is 156 g/mol. The highest BCUT2D eigenvalue weighted by Gasteiger charge is 2.07. The molecule has 0 unspecified atom stereocenters. The minimum Gasteiger partial charge on any atom is -0.475 e. The van der Waals surface area contributed by atoms with E-state index in [1.807, 2.05) is 13.0 Å². The summed E-state index contributed by atoms with van der Waals surface area (Å²) < 4.78 is 0. The number of unbranched alkanes of at least 4 members (excludes halogenated alkanes) is 1. The molecule has 0 aromatic rings. The molecular weight excluding hydrogens is 144 g/mol. The number of rotatable bonds is 5. The highest BCUT2D eigenvalue weighted by Crippen LogP contribution is 1.92. The normalized spacial score (nSPS) is 10.3. The molecule has 0 fully saturated rings. The molecule has 0 aliphatic heterocycles. The Balaban J connectivity index is 3.53. The number of carbonyl (C=O) groups excluding carboxylic acids is 1. The first-order chi connectivity index (χ1) is 5.18. The van der Waals surface area contributed by atoms with Crippen LogP contribution in [0.25, 0.3) is 0 Å². The Bertz CT molecular complexity index is 170. The first-order valence-electron chi connectivity index (χ1n) is 3.59. The summed E-state index contributed by atoms with van der Waals surface area (Å²) in [7, 11) is 0. The summed E-state index contributed by atoms with van der Waals surface area (Å²) in [5, 5.41) is 8.16. The summed E-state index contributed by atoms with van der Waals surface area (Å²) in [5.41, 5.74) is 0. The molecule has 0 radical (unpaired) electrons. The first-order valence-corrected chi connectivity index (χ1v) is 3.59. The second kappa shape index (κ2) is 5.65. The van der Waals surface area contributed by atoms with E-state index in [2.05, 4.69) is 0 Å². The highest BCUT2D eigenvalue weighted by atomic mass is 16.4. The van der Waals surface area contributed by atoms with Gasteiger partial charge < -0.3 is 5.11 Å². The standard InChI is InChI=1S/C8H12O3/c1-2-3-4-5-6-7(9)8(10)11/h4-5H,2-3,6H2,1H3,(H,10,11). The van der Waals surface area contributed by atoms with E-state index in [0.717, 1.165) is 12.8 Å². The van der Waals surface area contributed by atoms with E-state index >= 15 is 0 Å². The molecule has 0 spiro atoms. The number of hydrogen-bond donors (Lipinski definition) is 1. The number of carbonyl (C=O) groups is 2. The minimum absolute atomic E-state index is 0.00926. The molecule has 1 N–H and O–H groups in total. The van der Waals surface area contributed by atoms with Crippen LogP contribution in [0, 0.1) is 0 Å². The third-order valence-electron chi connectivity index (χ3n) is 1.16. The van der Waals surface area contributed by atoms with Crippen LogP contribution >= 0.6 is 0 Å². The lowest BCUT2D eigenvalue weighted by atomic mass is 10.2. The second-order valence-electron chi connectivity index (χ2n) is 2.19. The first kappa shape index (κ1) is 9.88. The Hall–Kier alpha value is -1.12. The molecule has 3 nitrogen and oxygen atoms in total. The van der Waals surface area contributed by atoms with Crippen LogP contribution in [0.15, 0.2) is 12.2 Å². The number of aliphatic carboxylic acids is 1. The summed E-state index contributed by atoms with van der Waals surface area (Å²) in [6, 6.07) is 0. The van der Waals surface area contributed by atoms with Gasteiger partial charge in [-0.3, -0.25) is 4.79 Å². The van der Waals surface area contributed by atoms with Crippen molar-refractivity contribution in [1.29, 1.82) is 0 Å². The molecule has 0 bridgehead atoms. The van der Waals surface area contributed by atoms with Gasteiger partial charge in [-0.15, -0.1) is 0 Å². The van der Waals surface area contributed by atoms with Gasteiger partial charge >= 0.3 is 5.97 Å². The van der Waals surface area contributed by atoms with E-state index in [0.29, 0.717) is 0 Å². The number of Topliss-reactive ketones (excluding diaryl/α,β-unsaturated/α-hetero) is 1. The zero-order valence-corrected chi connectivity index (χ0v) is 6.54. The van der Waals surface area contributed by atoms with Crippen molar-refractivity contribution < 1.29 is 14.7 Å². The van der Waals surface area contributed by atoms with Gasteiger partial charge in [0.05, 0.1) is 0 Å². The number of hydrogen-bond acceptors (Lipinski definition) is 2. The van der Waals surface area contributed by atoms with Crippen LogP contribution in [0.1, 0.15) is 26.2 Å². The van der Waals surface area contributed by atoms with E-state index < -0.39 is 11.8 Å². The minimum atomic E-state index is -1.36. The number of allylic oxidation sites excluding steroid dienone is 2. The molecule has 0 aromatic heterocycles. The summed E-state index contributed by atoms with van der Waals surface area (Å²) in [6.07, 6.45) is 5.33. The summed E-state index contributed by atoms with van der Waals surface area (Å²) in [5.74, 6) is -2.11. The average Bonchev–Trinajstić information content (AvgIpc) is 1.97. The summed E-state index contributed by atoms with van der Waals surface area (Å²) >= 11 is 0. The molecule has 11 heavy (non-hydrogen) atoms. The Morgan fingerprint density at radius 3 is 2.45 bits per heavy atom. The van der Waals surface area contributed by atoms with Gasteiger partial charge in [0.15, 0.2) is 0 Å². The van der Waals surface area contributed by atoms with Gasteiger partial charge in [0.1, 0.15) is 0 Å². The van der Waals surface area contributed by atoms with Crippen LogP contribution in [0.2, 0.25) is 0 Å². The molecule has 3 heteroatoms. The lowest BCUT2D eigenvalue weighted by Crippen LogP contribution is -2.10. The van der Waals surface area contributed by atoms with Gasteiger partial charge in [-0.2, -0.15) is 0 Å². The van der Waals surface area contributed by atoms with Gasteiger partial charge in [-0.1, -0.05) is 25.5 Å². The van der Waals surface area contributed by atoms with Crippen LogP contribution in [-0.2, 0) is 9.59 Å². The van der Waals surface area contributed by atoms with E-state index in [9.17, 15) is 9.59 Å². The van der Waals surface area contributed by atoms with Crippen molar-refractivity contribution in [2.45, 2.75) is 26.2 Å². The van der Waals surface area contributed by atoms with E-state index in [1.165, 1.54) is 0 Å². The molecule has 0 aliphatic rings. The van der Waals surface area contributed by atoms with Gasteiger partial charge in [0, 0.05) is 6.42 Å². The van der Waals surface area contributed by atoms with Crippen LogP contribution in [0.3, 0.4) is 0 Å². The quantitative estimate of drug-likeness (QED) is 0.483. The predicted molar refractivity (Wildman–Crippen MR) is 41.3 cm³/mol. The van der Waals surface area contributed by atoms with Crippen LogP contribution in [0.5, 0.6) is 0 Å². The molecule has 0 aromatic carbocycles. The topological polar surface area (TPSA) is 54.4 Å². The average molecular weight is 156 g/mol. The molecule has 0 saturated carbocycles. The van der Waals surface area contributed by atoms with Crippen molar-refractivity contribution >= 4 is 11.8 Å². The maximum absolute atomic E-state index is 10.5. The lowest BCUT2D eigenvalue weighted by molar-refractivity contribution is -0.148. The molecule has 0 amide bonds. The van der Waals surface area contributed by atoms with Crippen molar-refractivity contribution in [1.82, 2.24) is 0 Å². The SMILES string of the molecule is CCCC=CCC(=O)C(=O)O. The third-order valence-corrected chi connectivity index (χ3v) is 1.16. The van der Waals surface area contributed by atoms with Gasteiger partial charge in [0.2, 0.25) is 5.78 Å². The smallest absolute Gasteiger partial charge is 0.372 e. The Morgan fingerprint density at radius 2 is 2.00 bits per heavy atom. The lowest BCUT2D eigenvalue weighted by Gasteiger charge is -1.86. The third kappa shape index (κ3) is 5.33. The molecule has 62 valence electrons. The van der Waals surface area contributed by atoms with Gasteiger partial charge in [-0.25, -0.2) is 4.79 Å². The fourth-order valence-corrected chi connectivity index (χ4v) is 0.562. The molecule has 0 rings (SSSR count). The predicted octanol–water partition coefficient (Wildman–Crippen LogP) is 1.39. The van der Waals surface area contributed by atoms with Crippen molar-refractivity contribution in [3.05, 3.63) is 12.2 Å². The molecule has 0 aliphatic carbocycles. The van der Waals surface area contributed by atoms with Crippen molar-refractivity contribution in [2.75, 3.05) is 0 Å². The van der Waals surface area contributed by atoms with Crippen molar-refractivity contribution in [3.8, 4) is 0 Å². The Labute approximate surface area is 65.7 Å². The zero-order chi connectivity index (χ0) is 8.69.